The van der Waals surface area contributed by atoms with E-state index in [1.54, 1.807) is 0 Å². The Hall–Kier alpha value is -0.0800. The fraction of sp³-hybridized carbons (Fsp3) is 1.00. The van der Waals surface area contributed by atoms with Crippen LogP contribution in [-0.4, -0.2) is 23.3 Å². The first-order chi connectivity index (χ1) is 8.80. The van der Waals surface area contributed by atoms with Crippen LogP contribution < -0.4 is 5.32 Å². The number of hydrogen-bond acceptors (Lipinski definition) is 2. The molecular formula is C17H35NO. The molecule has 0 aromatic rings. The summed E-state index contributed by atoms with van der Waals surface area (Å²) in [5, 5.41) is 14.0. The average molecular weight is 269 g/mol. The molecule has 114 valence electrons. The molecule has 1 saturated carbocycles. The second kappa shape index (κ2) is 7.08. The maximum atomic E-state index is 10.3. The highest BCUT2D eigenvalue weighted by Crippen LogP contribution is 2.36. The second-order valence-corrected chi connectivity index (χ2v) is 7.58. The highest BCUT2D eigenvalue weighted by atomic mass is 16.3. The maximum Gasteiger partial charge on any atom is 0.0766 e. The molecule has 0 heterocycles. The van der Waals surface area contributed by atoms with Gasteiger partial charge in [0.15, 0.2) is 0 Å². The quantitative estimate of drug-likeness (QED) is 0.736. The molecule has 0 spiro atoms. The van der Waals surface area contributed by atoms with Crippen LogP contribution in [-0.2, 0) is 0 Å². The summed E-state index contributed by atoms with van der Waals surface area (Å²) in [7, 11) is 0. The van der Waals surface area contributed by atoms with Crippen molar-refractivity contribution in [3.05, 3.63) is 0 Å². The number of hydrogen-bond donors (Lipinski definition) is 2. The molecule has 2 N–H and O–H groups in total. The van der Waals surface area contributed by atoms with Crippen molar-refractivity contribution in [1.29, 1.82) is 0 Å². The first kappa shape index (κ1) is 17.0. The van der Waals surface area contributed by atoms with Crippen LogP contribution in [0.4, 0.5) is 0 Å². The molecule has 0 aromatic heterocycles. The largest absolute Gasteiger partial charge is 0.389 e. The third kappa shape index (κ3) is 5.43. The third-order valence-corrected chi connectivity index (χ3v) is 5.23. The molecule has 1 aliphatic rings. The summed E-state index contributed by atoms with van der Waals surface area (Å²) >= 11 is 0. The summed E-state index contributed by atoms with van der Waals surface area (Å²) in [6.07, 6.45) is 8.25. The van der Waals surface area contributed by atoms with Crippen LogP contribution in [0.3, 0.4) is 0 Å². The van der Waals surface area contributed by atoms with Gasteiger partial charge in [-0.3, -0.25) is 0 Å². The van der Waals surface area contributed by atoms with E-state index in [0.717, 1.165) is 25.3 Å². The zero-order valence-electron chi connectivity index (χ0n) is 13.8. The summed E-state index contributed by atoms with van der Waals surface area (Å²) in [5.41, 5.74) is -0.0573. The van der Waals surface area contributed by atoms with Crippen LogP contribution >= 0.6 is 0 Å². The van der Waals surface area contributed by atoms with Gasteiger partial charge in [-0.25, -0.2) is 0 Å². The van der Waals surface area contributed by atoms with E-state index in [-0.39, 0.29) is 0 Å². The maximum absolute atomic E-state index is 10.3. The van der Waals surface area contributed by atoms with E-state index >= 15 is 0 Å². The smallest absolute Gasteiger partial charge is 0.0766 e. The Labute approximate surface area is 120 Å². The van der Waals surface area contributed by atoms with Crippen molar-refractivity contribution in [3.8, 4) is 0 Å². The molecule has 0 saturated heterocycles. The van der Waals surface area contributed by atoms with Gasteiger partial charge >= 0.3 is 0 Å². The molecule has 2 atom stereocenters. The Kier molecular flexibility index (Phi) is 6.32. The monoisotopic (exact) mass is 269 g/mol. The predicted octanol–water partition coefficient (Wildman–Crippen LogP) is 4.12. The first-order valence-electron chi connectivity index (χ1n) is 8.26. The molecule has 2 heteroatoms. The molecule has 0 bridgehead atoms. The molecule has 2 nitrogen and oxygen atoms in total. The lowest BCUT2D eigenvalue weighted by Gasteiger charge is -2.30. The van der Waals surface area contributed by atoms with Crippen molar-refractivity contribution < 1.29 is 5.11 Å². The average Bonchev–Trinajstić information content (AvgIpc) is 2.61. The summed E-state index contributed by atoms with van der Waals surface area (Å²) in [5.74, 6) is 0.857. The van der Waals surface area contributed by atoms with Crippen molar-refractivity contribution in [2.45, 2.75) is 91.2 Å². The SMILES string of the molecule is CCC(O)(CC)CNC1CCCC(C(C)(C)C)CC1. The molecule has 0 aliphatic heterocycles. The Balaban J connectivity index is 2.41. The summed E-state index contributed by atoms with van der Waals surface area (Å²) < 4.78 is 0. The minimum atomic E-state index is -0.504. The van der Waals surface area contributed by atoms with E-state index in [0.29, 0.717) is 11.5 Å². The van der Waals surface area contributed by atoms with Gasteiger partial charge in [0.1, 0.15) is 0 Å². The van der Waals surface area contributed by atoms with Gasteiger partial charge in [0, 0.05) is 12.6 Å². The Morgan fingerprint density at radius 1 is 1.00 bits per heavy atom. The van der Waals surface area contributed by atoms with E-state index in [9.17, 15) is 5.11 Å². The highest BCUT2D eigenvalue weighted by Gasteiger charge is 2.29. The summed E-state index contributed by atoms with van der Waals surface area (Å²) in [6.45, 7) is 12.0. The van der Waals surface area contributed by atoms with Crippen LogP contribution in [0.1, 0.15) is 79.6 Å². The highest BCUT2D eigenvalue weighted by molar-refractivity contribution is 4.84. The predicted molar refractivity (Wildman–Crippen MR) is 83.4 cm³/mol. The van der Waals surface area contributed by atoms with Gasteiger partial charge in [-0.2, -0.15) is 0 Å². The van der Waals surface area contributed by atoms with Crippen molar-refractivity contribution in [3.63, 3.8) is 0 Å². The van der Waals surface area contributed by atoms with Crippen LogP contribution in [0.5, 0.6) is 0 Å². The lowest BCUT2D eigenvalue weighted by atomic mass is 9.76. The molecule has 1 rings (SSSR count). The van der Waals surface area contributed by atoms with Crippen LogP contribution in [0.2, 0.25) is 0 Å². The minimum absolute atomic E-state index is 0.447. The number of nitrogens with one attached hydrogen (secondary N) is 1. The van der Waals surface area contributed by atoms with Gasteiger partial charge in [-0.1, -0.05) is 41.0 Å². The normalized spacial score (nSPS) is 26.2. The second-order valence-electron chi connectivity index (χ2n) is 7.58. The summed E-state index contributed by atoms with van der Waals surface area (Å²) in [6, 6.07) is 0.608. The van der Waals surface area contributed by atoms with Gasteiger partial charge in [-0.05, 0) is 49.9 Å². The Bertz CT molecular complexity index is 252. The van der Waals surface area contributed by atoms with Crippen molar-refractivity contribution in [1.82, 2.24) is 5.32 Å². The molecule has 1 fully saturated rings. The van der Waals surface area contributed by atoms with E-state index in [1.807, 2.05) is 0 Å². The van der Waals surface area contributed by atoms with Gasteiger partial charge in [-0.15, -0.1) is 0 Å². The standard InChI is InChI=1S/C17H35NO/c1-6-17(19,7-2)13-18-15-10-8-9-14(11-12-15)16(3,4)5/h14-15,18-19H,6-13H2,1-5H3. The van der Waals surface area contributed by atoms with Gasteiger partial charge in [0.05, 0.1) is 5.60 Å². The first-order valence-corrected chi connectivity index (χ1v) is 8.26. The lowest BCUT2D eigenvalue weighted by molar-refractivity contribution is 0.0293. The third-order valence-electron chi connectivity index (χ3n) is 5.23. The summed E-state index contributed by atoms with van der Waals surface area (Å²) in [4.78, 5) is 0. The van der Waals surface area contributed by atoms with Crippen LogP contribution in [0.15, 0.2) is 0 Å². The van der Waals surface area contributed by atoms with E-state index in [1.165, 1.54) is 32.1 Å². The molecule has 0 radical (unpaired) electrons. The van der Waals surface area contributed by atoms with E-state index in [4.69, 9.17) is 0 Å². The molecule has 19 heavy (non-hydrogen) atoms. The van der Waals surface area contributed by atoms with Crippen molar-refractivity contribution in [2.75, 3.05) is 6.54 Å². The topological polar surface area (TPSA) is 32.3 Å². The molecule has 2 unspecified atom stereocenters. The van der Waals surface area contributed by atoms with E-state index < -0.39 is 5.60 Å². The lowest BCUT2D eigenvalue weighted by Crippen LogP contribution is -2.43. The molecular weight excluding hydrogens is 234 g/mol. The van der Waals surface area contributed by atoms with Crippen molar-refractivity contribution >= 4 is 0 Å². The molecule has 0 aromatic carbocycles. The molecule has 0 amide bonds. The molecule has 1 aliphatic carbocycles. The zero-order chi connectivity index (χ0) is 14.5. The van der Waals surface area contributed by atoms with E-state index in [2.05, 4.69) is 39.9 Å². The van der Waals surface area contributed by atoms with Gasteiger partial charge in [0.25, 0.3) is 0 Å². The Morgan fingerprint density at radius 2 is 1.63 bits per heavy atom. The van der Waals surface area contributed by atoms with Gasteiger partial charge in [0.2, 0.25) is 0 Å². The number of rotatable bonds is 5. The fourth-order valence-corrected chi connectivity index (χ4v) is 3.21. The minimum Gasteiger partial charge on any atom is -0.389 e. The van der Waals surface area contributed by atoms with Crippen molar-refractivity contribution in [2.24, 2.45) is 11.3 Å². The fourth-order valence-electron chi connectivity index (χ4n) is 3.21. The number of aliphatic hydroxyl groups is 1. The van der Waals surface area contributed by atoms with Crippen LogP contribution in [0.25, 0.3) is 0 Å². The van der Waals surface area contributed by atoms with Crippen LogP contribution in [0, 0.1) is 11.3 Å². The Morgan fingerprint density at radius 3 is 2.16 bits per heavy atom. The zero-order valence-corrected chi connectivity index (χ0v) is 13.8. The van der Waals surface area contributed by atoms with Gasteiger partial charge < -0.3 is 10.4 Å².